The minimum atomic E-state index is 0.644. The van der Waals surface area contributed by atoms with Crippen LogP contribution in [0.15, 0.2) is 18.2 Å². The van der Waals surface area contributed by atoms with E-state index in [0.29, 0.717) is 6.54 Å². The van der Waals surface area contributed by atoms with Crippen molar-refractivity contribution in [2.75, 3.05) is 25.0 Å². The van der Waals surface area contributed by atoms with Crippen LogP contribution in [-0.2, 0) is 6.42 Å². The van der Waals surface area contributed by atoms with E-state index in [0.717, 1.165) is 23.6 Å². The second-order valence-electron chi connectivity index (χ2n) is 4.09. The first-order chi connectivity index (χ1) is 7.69. The summed E-state index contributed by atoms with van der Waals surface area (Å²) >= 11 is 6.20. The minimum Gasteiger partial charge on any atom is -0.375 e. The van der Waals surface area contributed by atoms with E-state index in [9.17, 15) is 0 Å². The first-order valence-corrected chi connectivity index (χ1v) is 6.26. The highest BCUT2D eigenvalue weighted by molar-refractivity contribution is 6.31. The normalized spacial score (nSPS) is 10.5. The van der Waals surface area contributed by atoms with Crippen LogP contribution in [0, 0.1) is 0 Å². The third kappa shape index (κ3) is 3.69. The zero-order valence-electron chi connectivity index (χ0n) is 10.2. The lowest BCUT2D eigenvalue weighted by Crippen LogP contribution is -2.18. The largest absolute Gasteiger partial charge is 0.375 e. The molecular formula is C13H21ClN2. The van der Waals surface area contributed by atoms with Crippen LogP contribution in [0.2, 0.25) is 5.02 Å². The molecule has 0 bridgehead atoms. The van der Waals surface area contributed by atoms with Gasteiger partial charge in [0.1, 0.15) is 0 Å². The molecule has 0 unspecified atom stereocenters. The Kier molecular flexibility index (Phi) is 5.64. The summed E-state index contributed by atoms with van der Waals surface area (Å²) in [6, 6.07) is 6.22. The molecule has 1 aromatic carbocycles. The molecule has 16 heavy (non-hydrogen) atoms. The van der Waals surface area contributed by atoms with Crippen LogP contribution in [0.1, 0.15) is 25.3 Å². The van der Waals surface area contributed by atoms with Crippen LogP contribution in [-0.4, -0.2) is 20.1 Å². The molecule has 90 valence electrons. The predicted octanol–water partition coefficient (Wildman–Crippen LogP) is 3.08. The Hall–Kier alpha value is -0.730. The Morgan fingerprint density at radius 3 is 2.69 bits per heavy atom. The summed E-state index contributed by atoms with van der Waals surface area (Å²) in [7, 11) is 2.10. The van der Waals surface area contributed by atoms with Gasteiger partial charge in [-0.3, -0.25) is 0 Å². The van der Waals surface area contributed by atoms with Crippen LogP contribution >= 0.6 is 11.6 Å². The van der Waals surface area contributed by atoms with Crippen LogP contribution < -0.4 is 10.6 Å². The summed E-state index contributed by atoms with van der Waals surface area (Å²) in [6.07, 6.45) is 3.26. The second kappa shape index (κ2) is 6.77. The molecule has 0 aliphatic carbocycles. The number of benzene rings is 1. The molecule has 2 N–H and O–H groups in total. The molecule has 1 aromatic rings. The zero-order valence-corrected chi connectivity index (χ0v) is 10.9. The van der Waals surface area contributed by atoms with E-state index < -0.39 is 0 Å². The number of nitrogens with two attached hydrogens (primary N) is 1. The van der Waals surface area contributed by atoms with Gasteiger partial charge < -0.3 is 10.6 Å². The smallest absolute Gasteiger partial charge is 0.0459 e. The van der Waals surface area contributed by atoms with Gasteiger partial charge in [0.2, 0.25) is 0 Å². The summed E-state index contributed by atoms with van der Waals surface area (Å²) in [5, 5.41) is 0.825. The van der Waals surface area contributed by atoms with Crippen LogP contribution in [0.4, 0.5) is 5.69 Å². The molecule has 0 aliphatic heterocycles. The average Bonchev–Trinajstić information content (AvgIpc) is 2.29. The molecule has 0 amide bonds. The number of anilines is 1. The third-order valence-corrected chi connectivity index (χ3v) is 3.09. The predicted molar refractivity (Wildman–Crippen MR) is 72.4 cm³/mol. The number of hydrogen-bond acceptors (Lipinski definition) is 2. The van der Waals surface area contributed by atoms with Gasteiger partial charge in [0.25, 0.3) is 0 Å². The minimum absolute atomic E-state index is 0.644. The molecule has 0 heterocycles. The van der Waals surface area contributed by atoms with Crippen molar-refractivity contribution in [3.05, 3.63) is 28.8 Å². The number of unbranched alkanes of at least 4 members (excludes halogenated alkanes) is 1. The van der Waals surface area contributed by atoms with Gasteiger partial charge in [-0.25, -0.2) is 0 Å². The van der Waals surface area contributed by atoms with Crippen molar-refractivity contribution >= 4 is 17.3 Å². The van der Waals surface area contributed by atoms with Crippen molar-refractivity contribution in [1.82, 2.24) is 0 Å². The monoisotopic (exact) mass is 240 g/mol. The van der Waals surface area contributed by atoms with Crippen molar-refractivity contribution in [2.45, 2.75) is 26.2 Å². The molecule has 0 atom stereocenters. The van der Waals surface area contributed by atoms with E-state index in [4.69, 9.17) is 17.3 Å². The molecule has 0 saturated carbocycles. The fraction of sp³-hybridized carbons (Fsp3) is 0.538. The van der Waals surface area contributed by atoms with Gasteiger partial charge in [0.05, 0.1) is 0 Å². The maximum atomic E-state index is 6.20. The standard InChI is InChI=1S/C13H21ClN2/c1-3-4-9-16(2)12-6-5-11(7-8-15)13(14)10-12/h5-6,10H,3-4,7-9,15H2,1-2H3. The summed E-state index contributed by atoms with van der Waals surface area (Å²) in [5.41, 5.74) is 7.84. The van der Waals surface area contributed by atoms with Crippen molar-refractivity contribution in [1.29, 1.82) is 0 Å². The molecule has 0 radical (unpaired) electrons. The van der Waals surface area contributed by atoms with Gasteiger partial charge in [0.15, 0.2) is 0 Å². The summed E-state index contributed by atoms with van der Waals surface area (Å²) in [6.45, 7) is 3.92. The lowest BCUT2D eigenvalue weighted by molar-refractivity contribution is 0.766. The van der Waals surface area contributed by atoms with Crippen LogP contribution in [0.25, 0.3) is 0 Å². The second-order valence-corrected chi connectivity index (χ2v) is 4.50. The highest BCUT2D eigenvalue weighted by atomic mass is 35.5. The Morgan fingerprint density at radius 2 is 2.12 bits per heavy atom. The van der Waals surface area contributed by atoms with E-state index in [1.54, 1.807) is 0 Å². The highest BCUT2D eigenvalue weighted by Gasteiger charge is 2.04. The Bertz CT molecular complexity index is 326. The molecule has 0 fully saturated rings. The van der Waals surface area contributed by atoms with Gasteiger partial charge in [0, 0.05) is 24.3 Å². The number of halogens is 1. The lowest BCUT2D eigenvalue weighted by atomic mass is 10.1. The Labute approximate surface area is 103 Å². The van der Waals surface area contributed by atoms with E-state index in [-0.39, 0.29) is 0 Å². The molecule has 0 spiro atoms. The van der Waals surface area contributed by atoms with Crippen LogP contribution in [0.3, 0.4) is 0 Å². The maximum Gasteiger partial charge on any atom is 0.0459 e. The van der Waals surface area contributed by atoms with Crippen molar-refractivity contribution < 1.29 is 0 Å². The van der Waals surface area contributed by atoms with Gasteiger partial charge in [-0.05, 0) is 37.1 Å². The van der Waals surface area contributed by atoms with Crippen molar-refractivity contribution in [3.8, 4) is 0 Å². The first-order valence-electron chi connectivity index (χ1n) is 5.88. The SMILES string of the molecule is CCCCN(C)c1ccc(CCN)c(Cl)c1. The molecule has 2 nitrogen and oxygen atoms in total. The molecule has 3 heteroatoms. The van der Waals surface area contributed by atoms with Gasteiger partial charge in [-0.2, -0.15) is 0 Å². The topological polar surface area (TPSA) is 29.3 Å². The van der Waals surface area contributed by atoms with E-state index in [1.807, 2.05) is 6.07 Å². The first kappa shape index (κ1) is 13.3. The van der Waals surface area contributed by atoms with Gasteiger partial charge in [-0.1, -0.05) is 31.0 Å². The molecule has 0 saturated heterocycles. The van der Waals surface area contributed by atoms with Gasteiger partial charge >= 0.3 is 0 Å². The van der Waals surface area contributed by atoms with E-state index in [1.165, 1.54) is 18.5 Å². The summed E-state index contributed by atoms with van der Waals surface area (Å²) in [4.78, 5) is 2.24. The number of hydrogen-bond donors (Lipinski definition) is 1. The van der Waals surface area contributed by atoms with Gasteiger partial charge in [-0.15, -0.1) is 0 Å². The molecular weight excluding hydrogens is 220 g/mol. The molecule has 1 rings (SSSR count). The van der Waals surface area contributed by atoms with Crippen LogP contribution in [0.5, 0.6) is 0 Å². The van der Waals surface area contributed by atoms with Crippen molar-refractivity contribution in [3.63, 3.8) is 0 Å². The highest BCUT2D eigenvalue weighted by Crippen LogP contribution is 2.23. The van der Waals surface area contributed by atoms with E-state index >= 15 is 0 Å². The fourth-order valence-corrected chi connectivity index (χ4v) is 1.93. The number of nitrogens with zero attached hydrogens (tertiary/aromatic N) is 1. The maximum absolute atomic E-state index is 6.20. The fourth-order valence-electron chi connectivity index (χ4n) is 1.66. The van der Waals surface area contributed by atoms with Crippen molar-refractivity contribution in [2.24, 2.45) is 5.73 Å². The lowest BCUT2D eigenvalue weighted by Gasteiger charge is -2.19. The quantitative estimate of drug-likeness (QED) is 0.828. The summed E-state index contributed by atoms with van der Waals surface area (Å²) in [5.74, 6) is 0. The molecule has 0 aliphatic rings. The zero-order chi connectivity index (χ0) is 12.0. The van der Waals surface area contributed by atoms with E-state index in [2.05, 4.69) is 31.0 Å². The Morgan fingerprint density at radius 1 is 1.38 bits per heavy atom. The average molecular weight is 241 g/mol. The third-order valence-electron chi connectivity index (χ3n) is 2.74. The Balaban J connectivity index is 2.71. The molecule has 0 aromatic heterocycles. The summed E-state index contributed by atoms with van der Waals surface area (Å²) < 4.78 is 0. The number of rotatable bonds is 6.